The molecule has 0 atom stereocenters. The number of nitrogens with one attached hydrogen (secondary N) is 2. The summed E-state index contributed by atoms with van der Waals surface area (Å²) in [6.07, 6.45) is 2.26. The van der Waals surface area contributed by atoms with Gasteiger partial charge in [0.1, 0.15) is 12.0 Å². The monoisotopic (exact) mass is 290 g/mol. The van der Waals surface area contributed by atoms with Gasteiger partial charge in [-0.3, -0.25) is 0 Å². The van der Waals surface area contributed by atoms with Gasteiger partial charge in [0.25, 0.3) is 0 Å². The maximum Gasteiger partial charge on any atom is 0.338 e. The van der Waals surface area contributed by atoms with Gasteiger partial charge >= 0.3 is 5.97 Å². The van der Waals surface area contributed by atoms with Gasteiger partial charge in [0.05, 0.1) is 18.4 Å². The topological polar surface area (TPSA) is 109 Å². The number of furan rings is 1. The normalized spacial score (nSPS) is 12.6. The lowest BCUT2D eigenvalue weighted by molar-refractivity contribution is 0.0696. The Morgan fingerprint density at radius 3 is 2.58 bits per heavy atom. The summed E-state index contributed by atoms with van der Waals surface area (Å²) >= 11 is 0. The highest BCUT2D eigenvalue weighted by Crippen LogP contribution is 2.08. The minimum atomic E-state index is -3.28. The molecule has 0 spiro atoms. The molecule has 19 heavy (non-hydrogen) atoms. The molecule has 0 aliphatic heterocycles. The summed E-state index contributed by atoms with van der Waals surface area (Å²) in [5, 5.41) is 11.7. The first-order valence-electron chi connectivity index (χ1n) is 5.59. The first kappa shape index (κ1) is 15.7. The van der Waals surface area contributed by atoms with Crippen molar-refractivity contribution in [3.63, 3.8) is 0 Å². The fourth-order valence-electron chi connectivity index (χ4n) is 1.62. The first-order valence-corrected chi connectivity index (χ1v) is 7.48. The second-order valence-corrected chi connectivity index (χ2v) is 6.72. The Kier molecular flexibility index (Phi) is 4.72. The van der Waals surface area contributed by atoms with Crippen molar-refractivity contribution in [3.8, 4) is 0 Å². The molecule has 0 aliphatic carbocycles. The van der Waals surface area contributed by atoms with E-state index in [1.54, 1.807) is 13.8 Å². The predicted octanol–water partition coefficient (Wildman–Crippen LogP) is 0.395. The summed E-state index contributed by atoms with van der Waals surface area (Å²) in [6, 6.07) is 1.42. The van der Waals surface area contributed by atoms with E-state index in [0.717, 1.165) is 6.26 Å². The van der Waals surface area contributed by atoms with Gasteiger partial charge in [-0.05, 0) is 19.9 Å². The van der Waals surface area contributed by atoms with Crippen LogP contribution in [0.2, 0.25) is 0 Å². The van der Waals surface area contributed by atoms with Gasteiger partial charge in [-0.25, -0.2) is 17.9 Å². The van der Waals surface area contributed by atoms with E-state index >= 15 is 0 Å². The van der Waals surface area contributed by atoms with Gasteiger partial charge in [-0.15, -0.1) is 0 Å². The molecule has 1 aromatic rings. The Hall–Kier alpha value is -1.38. The maximum atomic E-state index is 11.1. The zero-order valence-electron chi connectivity index (χ0n) is 11.1. The number of carbonyl (C=O) groups is 1. The number of carboxylic acid groups (broad SMARTS) is 1. The Morgan fingerprint density at radius 1 is 1.47 bits per heavy atom. The Balaban J connectivity index is 2.47. The number of carboxylic acids is 1. The lowest BCUT2D eigenvalue weighted by atomic mass is 10.1. The molecule has 0 amide bonds. The fourth-order valence-corrected chi connectivity index (χ4v) is 2.70. The van der Waals surface area contributed by atoms with Crippen LogP contribution in [0.4, 0.5) is 0 Å². The van der Waals surface area contributed by atoms with Gasteiger partial charge < -0.3 is 14.8 Å². The van der Waals surface area contributed by atoms with Crippen LogP contribution in [0.5, 0.6) is 0 Å². The molecule has 0 aliphatic rings. The van der Waals surface area contributed by atoms with E-state index in [9.17, 15) is 13.2 Å². The van der Waals surface area contributed by atoms with Crippen LogP contribution in [-0.2, 0) is 16.6 Å². The molecule has 3 N–H and O–H groups in total. The number of hydrogen-bond acceptors (Lipinski definition) is 5. The van der Waals surface area contributed by atoms with E-state index in [-0.39, 0.29) is 5.56 Å². The molecular weight excluding hydrogens is 272 g/mol. The van der Waals surface area contributed by atoms with E-state index in [2.05, 4.69) is 10.0 Å². The summed E-state index contributed by atoms with van der Waals surface area (Å²) in [5.74, 6) is -0.568. The minimum absolute atomic E-state index is 0.0883. The predicted molar refractivity (Wildman–Crippen MR) is 69.4 cm³/mol. The van der Waals surface area contributed by atoms with Crippen molar-refractivity contribution in [1.82, 2.24) is 10.0 Å². The lowest BCUT2D eigenvalue weighted by Gasteiger charge is -2.25. The van der Waals surface area contributed by atoms with Crippen molar-refractivity contribution in [3.05, 3.63) is 23.7 Å². The van der Waals surface area contributed by atoms with Crippen LogP contribution in [0.25, 0.3) is 0 Å². The van der Waals surface area contributed by atoms with Gasteiger partial charge in [-0.1, -0.05) is 0 Å². The third kappa shape index (κ3) is 5.86. The molecule has 0 bridgehead atoms. The zero-order valence-corrected chi connectivity index (χ0v) is 11.9. The van der Waals surface area contributed by atoms with Crippen LogP contribution in [0.3, 0.4) is 0 Å². The third-order valence-electron chi connectivity index (χ3n) is 2.23. The van der Waals surface area contributed by atoms with Gasteiger partial charge in [0.2, 0.25) is 10.0 Å². The van der Waals surface area contributed by atoms with Crippen molar-refractivity contribution in [2.24, 2.45) is 0 Å². The summed E-state index contributed by atoms with van der Waals surface area (Å²) < 4.78 is 29.8. The van der Waals surface area contributed by atoms with Crippen molar-refractivity contribution in [2.75, 3.05) is 12.8 Å². The van der Waals surface area contributed by atoms with E-state index in [0.29, 0.717) is 18.8 Å². The van der Waals surface area contributed by atoms with Crippen LogP contribution in [-0.4, -0.2) is 37.8 Å². The average Bonchev–Trinajstić information content (AvgIpc) is 2.61. The Bertz CT molecular complexity index is 547. The summed E-state index contributed by atoms with van der Waals surface area (Å²) in [6.45, 7) is 4.18. The SMILES string of the molecule is CC(C)(CNCc1cc(C(=O)O)co1)NS(C)(=O)=O. The second-order valence-electron chi connectivity index (χ2n) is 4.97. The van der Waals surface area contributed by atoms with Crippen molar-refractivity contribution < 1.29 is 22.7 Å². The van der Waals surface area contributed by atoms with Crippen LogP contribution >= 0.6 is 0 Å². The molecule has 1 rings (SSSR count). The fraction of sp³-hybridized carbons (Fsp3) is 0.545. The van der Waals surface area contributed by atoms with Crippen molar-refractivity contribution >= 4 is 16.0 Å². The molecule has 7 nitrogen and oxygen atoms in total. The van der Waals surface area contributed by atoms with Crippen LogP contribution in [0.15, 0.2) is 16.7 Å². The largest absolute Gasteiger partial charge is 0.478 e. The summed E-state index contributed by atoms with van der Waals surface area (Å²) in [5.41, 5.74) is -0.555. The molecular formula is C11H18N2O5S. The van der Waals surface area contributed by atoms with Gasteiger partial charge in [0, 0.05) is 12.1 Å². The maximum absolute atomic E-state index is 11.1. The Labute approximate surface area is 112 Å². The van der Waals surface area contributed by atoms with E-state index in [1.807, 2.05) is 0 Å². The molecule has 1 aromatic heterocycles. The van der Waals surface area contributed by atoms with Crippen molar-refractivity contribution in [2.45, 2.75) is 25.9 Å². The first-order chi connectivity index (χ1) is 8.59. The Morgan fingerprint density at radius 2 is 2.11 bits per heavy atom. The number of rotatable bonds is 7. The highest BCUT2D eigenvalue weighted by atomic mass is 32.2. The molecule has 0 unspecified atom stereocenters. The standard InChI is InChI=1S/C11H18N2O5S/c1-11(2,13-19(3,16)17)7-12-5-9-4-8(6-18-9)10(14)15/h4,6,12-13H,5,7H2,1-3H3,(H,14,15). The second kappa shape index (κ2) is 5.72. The third-order valence-corrected chi connectivity index (χ3v) is 3.15. The van der Waals surface area contributed by atoms with Crippen LogP contribution in [0, 0.1) is 0 Å². The number of sulfonamides is 1. The molecule has 8 heteroatoms. The van der Waals surface area contributed by atoms with Crippen molar-refractivity contribution in [1.29, 1.82) is 0 Å². The molecule has 1 heterocycles. The highest BCUT2D eigenvalue weighted by molar-refractivity contribution is 7.88. The zero-order chi connectivity index (χ0) is 14.7. The number of aromatic carboxylic acids is 1. The molecule has 0 aromatic carbocycles. The summed E-state index contributed by atoms with van der Waals surface area (Å²) in [4.78, 5) is 10.6. The van der Waals surface area contributed by atoms with E-state index in [4.69, 9.17) is 9.52 Å². The molecule has 0 saturated heterocycles. The summed E-state index contributed by atoms with van der Waals surface area (Å²) in [7, 11) is -3.28. The van der Waals surface area contributed by atoms with E-state index in [1.165, 1.54) is 12.3 Å². The average molecular weight is 290 g/mol. The smallest absolute Gasteiger partial charge is 0.338 e. The van der Waals surface area contributed by atoms with Crippen LogP contribution < -0.4 is 10.0 Å². The molecule has 108 valence electrons. The van der Waals surface area contributed by atoms with E-state index < -0.39 is 21.5 Å². The van der Waals surface area contributed by atoms with Gasteiger partial charge in [0.15, 0.2) is 0 Å². The molecule has 0 radical (unpaired) electrons. The number of hydrogen-bond donors (Lipinski definition) is 3. The highest BCUT2D eigenvalue weighted by Gasteiger charge is 2.21. The minimum Gasteiger partial charge on any atom is -0.478 e. The van der Waals surface area contributed by atoms with Gasteiger partial charge in [-0.2, -0.15) is 0 Å². The molecule has 0 fully saturated rings. The van der Waals surface area contributed by atoms with Crippen LogP contribution in [0.1, 0.15) is 30.0 Å². The lowest BCUT2D eigenvalue weighted by Crippen LogP contribution is -2.49. The molecule has 0 saturated carbocycles. The quantitative estimate of drug-likeness (QED) is 0.670.